The second kappa shape index (κ2) is 3.80. The molecule has 2 aliphatic carbocycles. The van der Waals surface area contributed by atoms with Crippen molar-refractivity contribution in [1.82, 2.24) is 0 Å². The molecule has 0 bridgehead atoms. The van der Waals surface area contributed by atoms with Gasteiger partial charge in [-0.15, -0.1) is 0 Å². The maximum atomic E-state index is 12.7. The molecule has 2 unspecified atom stereocenters. The number of ketones is 1. The van der Waals surface area contributed by atoms with E-state index >= 15 is 0 Å². The molecular formula is C17H13BrO. The van der Waals surface area contributed by atoms with E-state index in [9.17, 15) is 4.79 Å². The minimum Gasteiger partial charge on any atom is -0.294 e. The number of hydrogen-bond acceptors (Lipinski definition) is 1. The lowest BCUT2D eigenvalue weighted by atomic mass is 9.95. The summed E-state index contributed by atoms with van der Waals surface area (Å²) in [6.45, 7) is 0. The monoisotopic (exact) mass is 312 g/mol. The third-order valence-electron chi connectivity index (χ3n) is 4.55. The summed E-state index contributed by atoms with van der Waals surface area (Å²) >= 11 is 3.46. The van der Waals surface area contributed by atoms with Gasteiger partial charge in [-0.3, -0.25) is 4.79 Å². The van der Waals surface area contributed by atoms with Crippen LogP contribution in [0.1, 0.15) is 33.8 Å². The Bertz CT molecular complexity index is 677. The molecule has 2 heteroatoms. The molecule has 2 atom stereocenters. The Morgan fingerprint density at radius 3 is 2.68 bits per heavy atom. The normalized spacial score (nSPS) is 27.6. The fourth-order valence-corrected chi connectivity index (χ4v) is 3.84. The maximum Gasteiger partial charge on any atom is 0.170 e. The van der Waals surface area contributed by atoms with Crippen molar-refractivity contribution in [3.63, 3.8) is 0 Å². The van der Waals surface area contributed by atoms with Gasteiger partial charge in [-0.25, -0.2) is 0 Å². The number of carbonyl (C=O) groups is 1. The average molecular weight is 313 g/mol. The van der Waals surface area contributed by atoms with Crippen LogP contribution in [0.15, 0.2) is 53.0 Å². The van der Waals surface area contributed by atoms with Gasteiger partial charge in [-0.1, -0.05) is 52.3 Å². The Balaban J connectivity index is 1.72. The summed E-state index contributed by atoms with van der Waals surface area (Å²) in [5.41, 5.74) is 3.31. The first-order valence-corrected chi connectivity index (χ1v) is 7.38. The summed E-state index contributed by atoms with van der Waals surface area (Å²) in [6, 6.07) is 16.5. The molecule has 19 heavy (non-hydrogen) atoms. The zero-order valence-corrected chi connectivity index (χ0v) is 12.0. The van der Waals surface area contributed by atoms with Gasteiger partial charge in [0.2, 0.25) is 0 Å². The first kappa shape index (κ1) is 11.4. The lowest BCUT2D eigenvalue weighted by molar-refractivity contribution is 0.0914. The highest BCUT2D eigenvalue weighted by atomic mass is 79.9. The van der Waals surface area contributed by atoms with Gasteiger partial charge in [-0.05, 0) is 42.0 Å². The van der Waals surface area contributed by atoms with Crippen molar-refractivity contribution in [3.05, 3.63) is 69.7 Å². The second-order valence-corrected chi connectivity index (χ2v) is 6.55. The van der Waals surface area contributed by atoms with E-state index in [0.29, 0.717) is 11.7 Å². The lowest BCUT2D eigenvalue weighted by Gasteiger charge is -2.07. The first-order valence-electron chi connectivity index (χ1n) is 6.59. The number of rotatable bonds is 1. The molecule has 2 aromatic carbocycles. The van der Waals surface area contributed by atoms with Crippen molar-refractivity contribution in [1.29, 1.82) is 0 Å². The molecule has 0 aromatic heterocycles. The molecule has 2 aromatic rings. The Hall–Kier alpha value is -1.41. The molecule has 2 aliphatic rings. The molecule has 1 saturated carbocycles. The van der Waals surface area contributed by atoms with Crippen LogP contribution in [0.2, 0.25) is 0 Å². The molecular weight excluding hydrogens is 300 g/mol. The predicted octanol–water partition coefficient (Wildman–Crippen LogP) is 4.36. The van der Waals surface area contributed by atoms with Crippen molar-refractivity contribution < 1.29 is 4.79 Å². The highest BCUT2D eigenvalue weighted by Gasteiger charge is 2.63. The molecule has 1 fully saturated rings. The zero-order valence-electron chi connectivity index (χ0n) is 10.4. The third-order valence-corrected chi connectivity index (χ3v) is 5.05. The molecule has 1 nitrogen and oxygen atoms in total. The van der Waals surface area contributed by atoms with E-state index < -0.39 is 0 Å². The molecule has 0 N–H and O–H groups in total. The number of hydrogen-bond donors (Lipinski definition) is 0. The van der Waals surface area contributed by atoms with Crippen LogP contribution in [0.3, 0.4) is 0 Å². The van der Waals surface area contributed by atoms with Gasteiger partial charge in [-0.2, -0.15) is 0 Å². The number of carbonyl (C=O) groups excluding carboxylic acids is 1. The van der Waals surface area contributed by atoms with Gasteiger partial charge in [0, 0.05) is 15.5 Å². The van der Waals surface area contributed by atoms with E-state index in [0.717, 1.165) is 22.9 Å². The van der Waals surface area contributed by atoms with E-state index in [-0.39, 0.29) is 5.41 Å². The van der Waals surface area contributed by atoms with Gasteiger partial charge in [0.15, 0.2) is 5.78 Å². The van der Waals surface area contributed by atoms with Crippen molar-refractivity contribution in [3.8, 4) is 0 Å². The number of fused-ring (bicyclic) bond motifs is 1. The number of benzene rings is 2. The van der Waals surface area contributed by atoms with Crippen molar-refractivity contribution in [2.45, 2.75) is 18.8 Å². The smallest absolute Gasteiger partial charge is 0.170 e. The molecule has 0 saturated heterocycles. The van der Waals surface area contributed by atoms with Gasteiger partial charge < -0.3 is 0 Å². The van der Waals surface area contributed by atoms with Crippen LogP contribution < -0.4 is 0 Å². The molecule has 94 valence electrons. The van der Waals surface area contributed by atoms with Crippen molar-refractivity contribution in [2.24, 2.45) is 5.41 Å². The standard InChI is InChI=1S/C17H13BrO/c18-13-7-6-12-9-17(16(19)14(12)8-13)10-15(17)11-4-2-1-3-5-11/h1-8,15H,9-10H2. The fraction of sp³-hybridized carbons (Fsp3) is 0.235. The van der Waals surface area contributed by atoms with E-state index in [2.05, 4.69) is 46.3 Å². The van der Waals surface area contributed by atoms with Gasteiger partial charge in [0.1, 0.15) is 0 Å². The Morgan fingerprint density at radius 1 is 1.11 bits per heavy atom. The van der Waals surface area contributed by atoms with Crippen molar-refractivity contribution in [2.75, 3.05) is 0 Å². The molecule has 0 radical (unpaired) electrons. The third kappa shape index (κ3) is 1.56. The molecule has 0 heterocycles. The van der Waals surface area contributed by atoms with Crippen LogP contribution in [0.25, 0.3) is 0 Å². The number of Topliss-reactive ketones (excluding diaryl/α,β-unsaturated/α-hetero) is 1. The Kier molecular flexibility index (Phi) is 2.28. The highest BCUT2D eigenvalue weighted by Crippen LogP contribution is 2.65. The van der Waals surface area contributed by atoms with Gasteiger partial charge in [0.05, 0.1) is 0 Å². The second-order valence-electron chi connectivity index (χ2n) is 5.63. The highest BCUT2D eigenvalue weighted by molar-refractivity contribution is 9.10. The van der Waals surface area contributed by atoms with Gasteiger partial charge in [0.25, 0.3) is 0 Å². The van der Waals surface area contributed by atoms with Crippen LogP contribution in [-0.2, 0) is 6.42 Å². The van der Waals surface area contributed by atoms with Crippen LogP contribution in [0.5, 0.6) is 0 Å². The molecule has 1 spiro atoms. The maximum absolute atomic E-state index is 12.7. The summed E-state index contributed by atoms with van der Waals surface area (Å²) < 4.78 is 0.994. The SMILES string of the molecule is O=C1c2cc(Br)ccc2CC12CC2c1ccccc1. The van der Waals surface area contributed by atoms with E-state index in [1.807, 2.05) is 18.2 Å². The summed E-state index contributed by atoms with van der Waals surface area (Å²) in [4.78, 5) is 12.7. The van der Waals surface area contributed by atoms with Crippen molar-refractivity contribution >= 4 is 21.7 Å². The van der Waals surface area contributed by atoms with Crippen LogP contribution in [0, 0.1) is 5.41 Å². The predicted molar refractivity (Wildman–Crippen MR) is 78.4 cm³/mol. The molecule has 0 aliphatic heterocycles. The van der Waals surface area contributed by atoms with E-state index in [4.69, 9.17) is 0 Å². The fourth-order valence-electron chi connectivity index (χ4n) is 3.48. The Labute approximate surface area is 120 Å². The molecule has 0 amide bonds. The summed E-state index contributed by atoms with van der Waals surface area (Å²) in [7, 11) is 0. The minimum absolute atomic E-state index is 0.134. The summed E-state index contributed by atoms with van der Waals surface area (Å²) in [5, 5.41) is 0. The van der Waals surface area contributed by atoms with E-state index in [1.54, 1.807) is 0 Å². The minimum atomic E-state index is -0.134. The van der Waals surface area contributed by atoms with Crippen LogP contribution >= 0.6 is 15.9 Å². The topological polar surface area (TPSA) is 17.1 Å². The average Bonchev–Trinajstić information content (AvgIpc) is 3.10. The lowest BCUT2D eigenvalue weighted by Crippen LogP contribution is -2.12. The number of halogens is 1. The van der Waals surface area contributed by atoms with Crippen LogP contribution in [-0.4, -0.2) is 5.78 Å². The zero-order chi connectivity index (χ0) is 13.0. The quantitative estimate of drug-likeness (QED) is 0.764. The summed E-state index contributed by atoms with van der Waals surface area (Å²) in [5.74, 6) is 0.755. The van der Waals surface area contributed by atoms with Gasteiger partial charge >= 0.3 is 0 Å². The van der Waals surface area contributed by atoms with Crippen LogP contribution in [0.4, 0.5) is 0 Å². The van der Waals surface area contributed by atoms with E-state index in [1.165, 1.54) is 11.1 Å². The molecule has 4 rings (SSSR count). The first-order chi connectivity index (χ1) is 9.21. The summed E-state index contributed by atoms with van der Waals surface area (Å²) in [6.07, 6.45) is 1.91. The Morgan fingerprint density at radius 2 is 1.89 bits per heavy atom. The largest absolute Gasteiger partial charge is 0.294 e.